The summed E-state index contributed by atoms with van der Waals surface area (Å²) in [6, 6.07) is 1.80. The molecule has 0 radical (unpaired) electrons. The fourth-order valence-electron chi connectivity index (χ4n) is 1.18. The third-order valence-electron chi connectivity index (χ3n) is 1.75. The molecule has 0 aliphatic carbocycles. The van der Waals surface area contributed by atoms with Crippen LogP contribution in [0, 0.1) is 0 Å². The molecule has 62 valence electrons. The number of nitrogens with two attached hydrogens (primary N) is 1. The van der Waals surface area contributed by atoms with Gasteiger partial charge in [0, 0.05) is 13.1 Å². The van der Waals surface area contributed by atoms with E-state index in [9.17, 15) is 0 Å². The number of furan rings is 1. The lowest BCUT2D eigenvalue weighted by atomic mass is 10.3. The molecule has 4 nitrogen and oxygen atoms in total. The molecule has 0 amide bonds. The lowest BCUT2D eigenvalue weighted by Crippen LogP contribution is -1.96. The van der Waals surface area contributed by atoms with Crippen molar-refractivity contribution in [2.75, 3.05) is 18.1 Å². The zero-order valence-electron chi connectivity index (χ0n) is 6.66. The number of anilines is 2. The van der Waals surface area contributed by atoms with Crippen LogP contribution >= 0.6 is 0 Å². The van der Waals surface area contributed by atoms with Gasteiger partial charge in [-0.15, -0.1) is 0 Å². The van der Waals surface area contributed by atoms with E-state index in [4.69, 9.17) is 10.2 Å². The van der Waals surface area contributed by atoms with Gasteiger partial charge in [-0.3, -0.25) is 4.98 Å². The van der Waals surface area contributed by atoms with Crippen molar-refractivity contribution in [3.63, 3.8) is 0 Å². The summed E-state index contributed by atoms with van der Waals surface area (Å²) in [5.41, 5.74) is 8.58. The Kier molecular flexibility index (Phi) is 1.40. The largest absolute Gasteiger partial charge is 0.460 e. The standard InChI is InChI=1S/C8H9N3O/c1-10-7-5(9)4-11-6-2-3-12-8(6)7/h2-4H,9H2,1H3,(H,10,11). The molecule has 0 aromatic carbocycles. The molecule has 2 aromatic rings. The van der Waals surface area contributed by atoms with Gasteiger partial charge in [-0.25, -0.2) is 0 Å². The zero-order valence-corrected chi connectivity index (χ0v) is 6.66. The molecule has 0 saturated heterocycles. The minimum atomic E-state index is 0.597. The fraction of sp³-hybridized carbons (Fsp3) is 0.125. The van der Waals surface area contributed by atoms with E-state index < -0.39 is 0 Å². The molecule has 0 aliphatic heterocycles. The first-order chi connectivity index (χ1) is 5.83. The summed E-state index contributed by atoms with van der Waals surface area (Å²) in [4.78, 5) is 4.09. The van der Waals surface area contributed by atoms with Gasteiger partial charge < -0.3 is 15.5 Å². The summed E-state index contributed by atoms with van der Waals surface area (Å²) in [5, 5.41) is 2.97. The van der Waals surface area contributed by atoms with Crippen LogP contribution in [0.4, 0.5) is 11.4 Å². The van der Waals surface area contributed by atoms with E-state index in [1.807, 2.05) is 0 Å². The molecular formula is C8H9N3O. The van der Waals surface area contributed by atoms with E-state index >= 15 is 0 Å². The summed E-state index contributed by atoms with van der Waals surface area (Å²) < 4.78 is 5.22. The Labute approximate surface area is 69.4 Å². The van der Waals surface area contributed by atoms with Crippen LogP contribution in [0.2, 0.25) is 0 Å². The topological polar surface area (TPSA) is 64.1 Å². The van der Waals surface area contributed by atoms with Gasteiger partial charge in [0.1, 0.15) is 11.2 Å². The SMILES string of the molecule is CNc1c(N)cnc2ccoc12. The number of nitrogen functional groups attached to an aromatic ring is 1. The van der Waals surface area contributed by atoms with Crippen molar-refractivity contribution in [1.82, 2.24) is 4.98 Å². The maximum Gasteiger partial charge on any atom is 0.177 e. The van der Waals surface area contributed by atoms with Crippen LogP contribution in [-0.4, -0.2) is 12.0 Å². The molecule has 12 heavy (non-hydrogen) atoms. The van der Waals surface area contributed by atoms with Gasteiger partial charge in [-0.05, 0) is 0 Å². The molecule has 0 atom stereocenters. The summed E-state index contributed by atoms with van der Waals surface area (Å²) in [5.74, 6) is 0. The molecule has 0 saturated carbocycles. The average Bonchev–Trinajstić information content (AvgIpc) is 2.52. The number of rotatable bonds is 1. The predicted molar refractivity (Wildman–Crippen MR) is 48.0 cm³/mol. The first-order valence-electron chi connectivity index (χ1n) is 3.62. The van der Waals surface area contributed by atoms with Gasteiger partial charge >= 0.3 is 0 Å². The van der Waals surface area contributed by atoms with Crippen molar-refractivity contribution < 1.29 is 4.42 Å². The monoisotopic (exact) mass is 163 g/mol. The van der Waals surface area contributed by atoms with Gasteiger partial charge in [-0.2, -0.15) is 0 Å². The summed E-state index contributed by atoms with van der Waals surface area (Å²) >= 11 is 0. The van der Waals surface area contributed by atoms with Crippen LogP contribution in [0.5, 0.6) is 0 Å². The molecule has 0 fully saturated rings. The number of aromatic nitrogens is 1. The second-order valence-electron chi connectivity index (χ2n) is 2.47. The third kappa shape index (κ3) is 0.812. The number of hydrogen-bond donors (Lipinski definition) is 2. The summed E-state index contributed by atoms with van der Waals surface area (Å²) in [6.45, 7) is 0. The molecule has 0 unspecified atom stereocenters. The molecule has 3 N–H and O–H groups in total. The van der Waals surface area contributed by atoms with Crippen molar-refractivity contribution in [3.8, 4) is 0 Å². The Hall–Kier alpha value is -1.71. The van der Waals surface area contributed by atoms with E-state index in [1.54, 1.807) is 25.6 Å². The van der Waals surface area contributed by atoms with Crippen molar-refractivity contribution in [2.45, 2.75) is 0 Å². The maximum absolute atomic E-state index is 5.67. The van der Waals surface area contributed by atoms with Gasteiger partial charge in [0.2, 0.25) is 0 Å². The molecule has 2 aromatic heterocycles. The van der Waals surface area contributed by atoms with Crippen LogP contribution in [0.3, 0.4) is 0 Å². The van der Waals surface area contributed by atoms with Crippen molar-refractivity contribution in [1.29, 1.82) is 0 Å². The normalized spacial score (nSPS) is 10.4. The van der Waals surface area contributed by atoms with Gasteiger partial charge in [-0.1, -0.05) is 0 Å². The molecule has 2 rings (SSSR count). The number of nitrogens with one attached hydrogen (secondary N) is 1. The second kappa shape index (κ2) is 2.41. The third-order valence-corrected chi connectivity index (χ3v) is 1.75. The van der Waals surface area contributed by atoms with E-state index in [0.29, 0.717) is 11.3 Å². The number of hydrogen-bond acceptors (Lipinski definition) is 4. The van der Waals surface area contributed by atoms with Crippen LogP contribution in [0.1, 0.15) is 0 Å². The highest BCUT2D eigenvalue weighted by Crippen LogP contribution is 2.27. The predicted octanol–water partition coefficient (Wildman–Crippen LogP) is 1.45. The van der Waals surface area contributed by atoms with Crippen LogP contribution < -0.4 is 11.1 Å². The molecule has 0 spiro atoms. The fourth-order valence-corrected chi connectivity index (χ4v) is 1.18. The number of fused-ring (bicyclic) bond motifs is 1. The first kappa shape index (κ1) is 6.97. The van der Waals surface area contributed by atoms with E-state index in [1.165, 1.54) is 0 Å². The number of nitrogens with zero attached hydrogens (tertiary/aromatic N) is 1. The molecule has 0 bridgehead atoms. The van der Waals surface area contributed by atoms with Gasteiger partial charge in [0.15, 0.2) is 5.58 Å². The van der Waals surface area contributed by atoms with Crippen LogP contribution in [0.15, 0.2) is 22.9 Å². The molecule has 2 heterocycles. The van der Waals surface area contributed by atoms with E-state index in [-0.39, 0.29) is 0 Å². The van der Waals surface area contributed by atoms with Gasteiger partial charge in [0.25, 0.3) is 0 Å². The Bertz CT molecular complexity index is 408. The maximum atomic E-state index is 5.67. The Morgan fingerprint density at radius 2 is 2.42 bits per heavy atom. The quantitative estimate of drug-likeness (QED) is 0.667. The highest BCUT2D eigenvalue weighted by molar-refractivity contribution is 5.92. The minimum Gasteiger partial charge on any atom is -0.460 e. The average molecular weight is 163 g/mol. The smallest absolute Gasteiger partial charge is 0.177 e. The molecule has 4 heteroatoms. The summed E-state index contributed by atoms with van der Waals surface area (Å²) in [7, 11) is 1.80. The Balaban J connectivity index is 2.83. The zero-order chi connectivity index (χ0) is 8.55. The van der Waals surface area contributed by atoms with Crippen LogP contribution in [-0.2, 0) is 0 Å². The first-order valence-corrected chi connectivity index (χ1v) is 3.62. The van der Waals surface area contributed by atoms with Crippen molar-refractivity contribution in [3.05, 3.63) is 18.5 Å². The van der Waals surface area contributed by atoms with E-state index in [2.05, 4.69) is 10.3 Å². The lowest BCUT2D eigenvalue weighted by molar-refractivity contribution is 0.616. The highest BCUT2D eigenvalue weighted by Gasteiger charge is 2.06. The van der Waals surface area contributed by atoms with Crippen molar-refractivity contribution >= 4 is 22.5 Å². The highest BCUT2D eigenvalue weighted by atomic mass is 16.3. The van der Waals surface area contributed by atoms with E-state index in [0.717, 1.165) is 11.2 Å². The summed E-state index contributed by atoms with van der Waals surface area (Å²) in [6.07, 6.45) is 3.21. The molecule has 0 aliphatic rings. The Morgan fingerprint density at radius 3 is 3.17 bits per heavy atom. The second-order valence-corrected chi connectivity index (χ2v) is 2.47. The number of pyridine rings is 1. The lowest BCUT2D eigenvalue weighted by Gasteiger charge is -2.03. The molecular weight excluding hydrogens is 154 g/mol. The minimum absolute atomic E-state index is 0.597. The Morgan fingerprint density at radius 1 is 1.58 bits per heavy atom. The van der Waals surface area contributed by atoms with Crippen LogP contribution in [0.25, 0.3) is 11.1 Å². The van der Waals surface area contributed by atoms with Crippen molar-refractivity contribution in [2.24, 2.45) is 0 Å². The van der Waals surface area contributed by atoms with Gasteiger partial charge in [0.05, 0.1) is 18.1 Å².